The Kier molecular flexibility index (Phi) is 4.62. The number of rotatable bonds is 3. The lowest BCUT2D eigenvalue weighted by molar-refractivity contribution is -0.204. The first kappa shape index (κ1) is 16.5. The van der Waals surface area contributed by atoms with Crippen molar-refractivity contribution < 1.29 is 9.63 Å². The third-order valence-electron chi connectivity index (χ3n) is 6.13. The number of aryl methyl sites for hydroxylation is 1. The fourth-order valence-electron chi connectivity index (χ4n) is 4.76. The Balaban J connectivity index is 1.44. The van der Waals surface area contributed by atoms with E-state index in [2.05, 4.69) is 16.8 Å². The summed E-state index contributed by atoms with van der Waals surface area (Å²) < 4.78 is 0. The second-order valence-electron chi connectivity index (χ2n) is 7.61. The highest BCUT2D eigenvalue weighted by molar-refractivity contribution is 7.09. The van der Waals surface area contributed by atoms with Crippen LogP contribution in [-0.2, 0) is 16.2 Å². The first-order valence-electron chi connectivity index (χ1n) is 9.24. The Morgan fingerprint density at radius 3 is 3.04 bits per heavy atom. The van der Waals surface area contributed by atoms with E-state index in [1.807, 2.05) is 5.51 Å². The van der Waals surface area contributed by atoms with Gasteiger partial charge < -0.3 is 0 Å². The zero-order valence-corrected chi connectivity index (χ0v) is 15.3. The molecule has 1 amide bonds. The number of aromatic nitrogens is 1. The molecule has 6 heteroatoms. The molecule has 1 saturated carbocycles. The topological polar surface area (TPSA) is 45.7 Å². The highest BCUT2D eigenvalue weighted by atomic mass is 32.1. The first-order chi connectivity index (χ1) is 11.7. The van der Waals surface area contributed by atoms with Gasteiger partial charge in [-0.2, -0.15) is 0 Å². The number of thiazole rings is 1. The van der Waals surface area contributed by atoms with E-state index in [9.17, 15) is 4.79 Å². The van der Waals surface area contributed by atoms with Crippen LogP contribution in [0.3, 0.4) is 0 Å². The quantitative estimate of drug-likeness (QED) is 0.841. The minimum absolute atomic E-state index is 0.156. The molecule has 3 aliphatic rings. The molecular formula is C18H27N3O2S. The summed E-state index contributed by atoms with van der Waals surface area (Å²) in [6, 6.07) is 0. The average Bonchev–Trinajstić information content (AvgIpc) is 3.31. The summed E-state index contributed by atoms with van der Waals surface area (Å²) in [6.07, 6.45) is 6.69. The Morgan fingerprint density at radius 2 is 2.29 bits per heavy atom. The lowest BCUT2D eigenvalue weighted by Gasteiger charge is -2.35. The summed E-state index contributed by atoms with van der Waals surface area (Å²) in [5.74, 6) is 0.408. The van der Waals surface area contributed by atoms with E-state index in [0.29, 0.717) is 6.61 Å². The Morgan fingerprint density at radius 1 is 1.38 bits per heavy atom. The van der Waals surface area contributed by atoms with Gasteiger partial charge in [0.05, 0.1) is 17.8 Å². The molecular weight excluding hydrogens is 322 g/mol. The molecule has 5 nitrogen and oxygen atoms in total. The third kappa shape index (κ3) is 3.00. The van der Waals surface area contributed by atoms with Gasteiger partial charge in [0, 0.05) is 30.4 Å². The van der Waals surface area contributed by atoms with Gasteiger partial charge in [-0.1, -0.05) is 6.42 Å². The Bertz CT molecular complexity index is 599. The molecule has 4 rings (SSSR count). The number of hydrogen-bond donors (Lipinski definition) is 0. The molecule has 0 N–H and O–H groups in total. The van der Waals surface area contributed by atoms with Crippen molar-refractivity contribution in [3.63, 3.8) is 0 Å². The minimum atomic E-state index is 0.156. The largest absolute Gasteiger partial charge is 0.298 e. The molecule has 1 aliphatic carbocycles. The standard InChI is InChI=1S/C18H27N3O2S/c1-14-16(24-13-19-14)11-20-9-7-18(12-20)6-4-5-15(18)17(22)21-8-2-3-10-23-21/h13,15H,2-12H2,1H3. The van der Waals surface area contributed by atoms with Crippen LogP contribution in [0.5, 0.6) is 0 Å². The van der Waals surface area contributed by atoms with Gasteiger partial charge in [0.15, 0.2) is 0 Å². The number of carbonyl (C=O) groups excluding carboxylic acids is 1. The molecule has 24 heavy (non-hydrogen) atoms. The summed E-state index contributed by atoms with van der Waals surface area (Å²) >= 11 is 1.75. The monoisotopic (exact) mass is 349 g/mol. The lowest BCUT2D eigenvalue weighted by Crippen LogP contribution is -2.45. The Labute approximate surface area is 147 Å². The molecule has 1 spiro atoms. The van der Waals surface area contributed by atoms with Crippen molar-refractivity contribution in [1.82, 2.24) is 14.9 Å². The van der Waals surface area contributed by atoms with Crippen LogP contribution in [0.25, 0.3) is 0 Å². The number of amides is 1. The number of carbonyl (C=O) groups is 1. The number of nitrogens with zero attached hydrogens (tertiary/aromatic N) is 3. The molecule has 2 saturated heterocycles. The second-order valence-corrected chi connectivity index (χ2v) is 8.55. The fourth-order valence-corrected chi connectivity index (χ4v) is 5.58. The van der Waals surface area contributed by atoms with Crippen LogP contribution in [0, 0.1) is 18.3 Å². The van der Waals surface area contributed by atoms with Gasteiger partial charge in [-0.25, -0.2) is 10.0 Å². The summed E-state index contributed by atoms with van der Waals surface area (Å²) in [5, 5.41) is 1.68. The number of hydrogen-bond acceptors (Lipinski definition) is 5. The van der Waals surface area contributed by atoms with Gasteiger partial charge >= 0.3 is 0 Å². The number of likely N-dealkylation sites (tertiary alicyclic amines) is 1. The maximum absolute atomic E-state index is 13.0. The Hall–Kier alpha value is -0.980. The highest BCUT2D eigenvalue weighted by Gasteiger charge is 2.51. The molecule has 1 aromatic rings. The van der Waals surface area contributed by atoms with Crippen molar-refractivity contribution in [3.8, 4) is 0 Å². The molecule has 0 aromatic carbocycles. The van der Waals surface area contributed by atoms with Gasteiger partial charge in [0.2, 0.25) is 5.91 Å². The van der Waals surface area contributed by atoms with Crippen LogP contribution in [0.2, 0.25) is 0 Å². The van der Waals surface area contributed by atoms with Gasteiger partial charge in [0.1, 0.15) is 0 Å². The van der Waals surface area contributed by atoms with Crippen molar-refractivity contribution >= 4 is 17.2 Å². The maximum Gasteiger partial charge on any atom is 0.249 e. The molecule has 2 atom stereocenters. The van der Waals surface area contributed by atoms with Crippen molar-refractivity contribution in [2.24, 2.45) is 11.3 Å². The van der Waals surface area contributed by atoms with Crippen LogP contribution in [0.1, 0.15) is 49.1 Å². The van der Waals surface area contributed by atoms with Crippen LogP contribution in [0.15, 0.2) is 5.51 Å². The van der Waals surface area contributed by atoms with Crippen LogP contribution in [0.4, 0.5) is 0 Å². The number of hydroxylamine groups is 2. The summed E-state index contributed by atoms with van der Waals surface area (Å²) in [4.78, 5) is 26.9. The van der Waals surface area contributed by atoms with Gasteiger partial charge in [-0.3, -0.25) is 14.5 Å². The SMILES string of the molecule is Cc1ncsc1CN1CCC2(CCCC2C(=O)N2CCCCO2)C1. The van der Waals surface area contributed by atoms with E-state index in [0.717, 1.165) is 57.6 Å². The zero-order valence-electron chi connectivity index (χ0n) is 14.5. The van der Waals surface area contributed by atoms with E-state index in [4.69, 9.17) is 4.84 Å². The summed E-state index contributed by atoms with van der Waals surface area (Å²) in [5.41, 5.74) is 3.27. The van der Waals surface area contributed by atoms with Gasteiger partial charge in [-0.15, -0.1) is 11.3 Å². The van der Waals surface area contributed by atoms with Crippen LogP contribution in [-0.4, -0.2) is 47.1 Å². The van der Waals surface area contributed by atoms with E-state index < -0.39 is 0 Å². The van der Waals surface area contributed by atoms with E-state index in [1.54, 1.807) is 16.4 Å². The lowest BCUT2D eigenvalue weighted by atomic mass is 9.76. The summed E-state index contributed by atoms with van der Waals surface area (Å²) in [6.45, 7) is 6.70. The molecule has 1 aromatic heterocycles. The smallest absolute Gasteiger partial charge is 0.249 e. The zero-order chi connectivity index (χ0) is 16.6. The second kappa shape index (κ2) is 6.73. The third-order valence-corrected chi connectivity index (χ3v) is 7.05. The molecule has 0 radical (unpaired) electrons. The van der Waals surface area contributed by atoms with Gasteiger partial charge in [0.25, 0.3) is 0 Å². The molecule has 132 valence electrons. The highest BCUT2D eigenvalue weighted by Crippen LogP contribution is 2.50. The fraction of sp³-hybridized carbons (Fsp3) is 0.778. The minimum Gasteiger partial charge on any atom is -0.298 e. The predicted octanol–water partition coefficient (Wildman–Crippen LogP) is 3.00. The predicted molar refractivity (Wildman–Crippen MR) is 93.4 cm³/mol. The average molecular weight is 350 g/mol. The normalized spacial score (nSPS) is 31.2. The summed E-state index contributed by atoms with van der Waals surface area (Å²) in [7, 11) is 0. The molecule has 0 bridgehead atoms. The maximum atomic E-state index is 13.0. The molecule has 2 unspecified atom stereocenters. The molecule has 2 aliphatic heterocycles. The first-order valence-corrected chi connectivity index (χ1v) is 10.1. The van der Waals surface area contributed by atoms with Crippen molar-refractivity contribution in [3.05, 3.63) is 16.1 Å². The van der Waals surface area contributed by atoms with Crippen LogP contribution >= 0.6 is 11.3 Å². The van der Waals surface area contributed by atoms with Crippen molar-refractivity contribution in [1.29, 1.82) is 0 Å². The molecule has 3 fully saturated rings. The van der Waals surface area contributed by atoms with Gasteiger partial charge in [-0.05, 0) is 51.0 Å². The van der Waals surface area contributed by atoms with E-state index in [-0.39, 0.29) is 17.2 Å². The van der Waals surface area contributed by atoms with Crippen LogP contribution < -0.4 is 0 Å². The van der Waals surface area contributed by atoms with Crippen molar-refractivity contribution in [2.75, 3.05) is 26.2 Å². The van der Waals surface area contributed by atoms with E-state index >= 15 is 0 Å². The van der Waals surface area contributed by atoms with Crippen molar-refractivity contribution in [2.45, 2.75) is 52.0 Å². The van der Waals surface area contributed by atoms with E-state index in [1.165, 1.54) is 17.7 Å². The molecule has 3 heterocycles.